The van der Waals surface area contributed by atoms with Gasteiger partial charge in [-0.3, -0.25) is 14.2 Å². The topological polar surface area (TPSA) is 77.6 Å². The molecule has 7 nitrogen and oxygen atoms in total. The van der Waals surface area contributed by atoms with Crippen molar-refractivity contribution in [1.29, 1.82) is 0 Å². The van der Waals surface area contributed by atoms with Gasteiger partial charge in [-0.15, -0.1) is 0 Å². The third-order valence-corrected chi connectivity index (χ3v) is 10.2. The van der Waals surface area contributed by atoms with Gasteiger partial charge < -0.3 is 14.6 Å². The minimum absolute atomic E-state index is 0.224. The molecule has 1 N–H and O–H groups in total. The highest BCUT2D eigenvalue weighted by atomic mass is 32.1. The Kier molecular flexibility index (Phi) is 9.27. The molecule has 3 heterocycles. The Morgan fingerprint density at radius 1 is 0.811 bits per heavy atom. The van der Waals surface area contributed by atoms with Crippen molar-refractivity contribution in [3.05, 3.63) is 194 Å². The maximum atomic E-state index is 14.8. The van der Waals surface area contributed by atoms with E-state index in [9.17, 15) is 9.59 Å². The summed E-state index contributed by atoms with van der Waals surface area (Å²) in [5.74, 6) is 0.398. The number of fused-ring (bicyclic) bond motifs is 1. The van der Waals surface area contributed by atoms with Crippen molar-refractivity contribution in [1.82, 2.24) is 9.13 Å². The molecule has 0 saturated heterocycles. The standard InChI is InChI=1S/C45H36N4O3S/c1-3-52-37-26-24-33(25-27-37)42-40(43(50)47-35-20-12-6-13-21-35)30(2)46-45-49(42)44(51)39(53-45)29-34-28-38(31-16-8-4-9-17-31)48(36-22-14-7-15-23-36)41(34)32-18-10-5-11-19-32/h4-29,42H,3H2,1-2H3,(H,47,50)/b39-29-/t42-/m0/s1. The van der Waals surface area contributed by atoms with Crippen molar-refractivity contribution in [2.75, 3.05) is 11.9 Å². The molecule has 0 radical (unpaired) electrons. The quantitative estimate of drug-likeness (QED) is 0.163. The number of nitrogens with one attached hydrogen (secondary N) is 1. The van der Waals surface area contributed by atoms with Crippen molar-refractivity contribution in [2.45, 2.75) is 19.9 Å². The van der Waals surface area contributed by atoms with Gasteiger partial charge in [0, 0.05) is 16.9 Å². The van der Waals surface area contributed by atoms with Crippen LogP contribution in [0, 0.1) is 0 Å². The van der Waals surface area contributed by atoms with E-state index < -0.39 is 6.04 Å². The van der Waals surface area contributed by atoms with E-state index in [0.717, 1.165) is 39.3 Å². The Hall–Kier alpha value is -6.51. The highest BCUT2D eigenvalue weighted by Gasteiger charge is 2.33. The van der Waals surface area contributed by atoms with E-state index in [1.165, 1.54) is 11.3 Å². The van der Waals surface area contributed by atoms with Crippen LogP contribution in [0.1, 0.15) is 31.0 Å². The van der Waals surface area contributed by atoms with E-state index in [0.29, 0.717) is 38.6 Å². The molecule has 8 rings (SSSR count). The van der Waals surface area contributed by atoms with E-state index in [1.54, 1.807) is 4.57 Å². The second-order valence-corrected chi connectivity index (χ2v) is 13.6. The third-order valence-electron chi connectivity index (χ3n) is 9.25. The lowest BCUT2D eigenvalue weighted by Crippen LogP contribution is -2.40. The molecule has 7 aromatic rings. The van der Waals surface area contributed by atoms with Gasteiger partial charge in [0.1, 0.15) is 5.75 Å². The summed E-state index contributed by atoms with van der Waals surface area (Å²) in [5, 5.41) is 3.03. The first-order chi connectivity index (χ1) is 26.0. The third kappa shape index (κ3) is 6.56. The van der Waals surface area contributed by atoms with Crippen molar-refractivity contribution < 1.29 is 9.53 Å². The van der Waals surface area contributed by atoms with Crippen LogP contribution in [0.2, 0.25) is 0 Å². The average molecular weight is 713 g/mol. The smallest absolute Gasteiger partial charge is 0.271 e. The number of rotatable bonds is 9. The summed E-state index contributed by atoms with van der Waals surface area (Å²) in [5.41, 5.74) is 8.09. The summed E-state index contributed by atoms with van der Waals surface area (Å²) in [6, 6.07) is 49.1. The Bertz CT molecular complexity index is 2630. The van der Waals surface area contributed by atoms with E-state index in [1.807, 2.05) is 129 Å². The van der Waals surface area contributed by atoms with Gasteiger partial charge in [0.2, 0.25) is 0 Å². The molecule has 260 valence electrons. The number of ether oxygens (including phenoxy) is 1. The van der Waals surface area contributed by atoms with Crippen LogP contribution in [0.15, 0.2) is 173 Å². The minimum atomic E-state index is -0.713. The van der Waals surface area contributed by atoms with Gasteiger partial charge in [-0.25, -0.2) is 4.99 Å². The lowest BCUT2D eigenvalue weighted by molar-refractivity contribution is -0.113. The molecule has 0 saturated carbocycles. The molecule has 1 amide bonds. The number of anilines is 1. The van der Waals surface area contributed by atoms with Crippen LogP contribution in [-0.2, 0) is 4.79 Å². The van der Waals surface area contributed by atoms with Crippen molar-refractivity contribution >= 4 is 29.0 Å². The van der Waals surface area contributed by atoms with E-state index in [4.69, 9.17) is 9.73 Å². The van der Waals surface area contributed by atoms with E-state index in [-0.39, 0.29) is 11.5 Å². The van der Waals surface area contributed by atoms with Crippen LogP contribution in [0.3, 0.4) is 0 Å². The number of hydrogen-bond acceptors (Lipinski definition) is 5. The first kappa shape index (κ1) is 33.6. The highest BCUT2D eigenvalue weighted by molar-refractivity contribution is 7.07. The van der Waals surface area contributed by atoms with E-state index in [2.05, 4.69) is 52.3 Å². The lowest BCUT2D eigenvalue weighted by atomic mass is 9.95. The normalized spacial score (nSPS) is 14.1. The number of nitrogens with zero attached hydrogens (tertiary/aromatic N) is 3. The van der Waals surface area contributed by atoms with Crippen LogP contribution in [0.25, 0.3) is 34.3 Å². The van der Waals surface area contributed by atoms with Crippen molar-refractivity contribution in [3.63, 3.8) is 0 Å². The van der Waals surface area contributed by atoms with Gasteiger partial charge in [0.05, 0.1) is 39.8 Å². The number of benzene rings is 5. The molecule has 0 bridgehead atoms. The molecule has 1 atom stereocenters. The first-order valence-electron chi connectivity index (χ1n) is 17.5. The fraction of sp³-hybridized carbons (Fsp3) is 0.0889. The van der Waals surface area contributed by atoms with Crippen molar-refractivity contribution in [2.24, 2.45) is 4.99 Å². The zero-order chi connectivity index (χ0) is 36.3. The largest absolute Gasteiger partial charge is 0.494 e. The molecule has 8 heteroatoms. The number of amides is 1. The van der Waals surface area contributed by atoms with Gasteiger partial charge in [-0.05, 0) is 79.1 Å². The monoisotopic (exact) mass is 712 g/mol. The zero-order valence-electron chi connectivity index (χ0n) is 29.3. The number of carbonyl (C=O) groups is 1. The molecule has 53 heavy (non-hydrogen) atoms. The highest BCUT2D eigenvalue weighted by Crippen LogP contribution is 2.37. The maximum absolute atomic E-state index is 14.8. The van der Waals surface area contributed by atoms with Gasteiger partial charge in [-0.2, -0.15) is 0 Å². The van der Waals surface area contributed by atoms with Gasteiger partial charge in [0.25, 0.3) is 11.5 Å². The second kappa shape index (κ2) is 14.6. The van der Waals surface area contributed by atoms with E-state index >= 15 is 0 Å². The number of hydrogen-bond donors (Lipinski definition) is 1. The molecule has 0 fully saturated rings. The second-order valence-electron chi connectivity index (χ2n) is 12.6. The number of allylic oxidation sites excluding steroid dienone is 1. The SMILES string of the molecule is CCOc1ccc([C@H]2C(C(=O)Nc3ccccc3)=C(C)N=c3s/c(=C\c4cc(-c5ccccc5)n(-c5ccccc5)c4-c4ccccc4)c(=O)n32)cc1. The van der Waals surface area contributed by atoms with Crippen LogP contribution >= 0.6 is 11.3 Å². The van der Waals surface area contributed by atoms with Crippen LogP contribution < -0.4 is 24.9 Å². The molecule has 5 aromatic carbocycles. The molecule has 0 spiro atoms. The fourth-order valence-electron chi connectivity index (χ4n) is 6.90. The van der Waals surface area contributed by atoms with Gasteiger partial charge >= 0.3 is 0 Å². The van der Waals surface area contributed by atoms with Crippen LogP contribution in [-0.4, -0.2) is 21.6 Å². The molecular formula is C45H36N4O3S. The number of carbonyl (C=O) groups excluding carboxylic acids is 1. The van der Waals surface area contributed by atoms with Gasteiger partial charge in [0.15, 0.2) is 4.80 Å². The summed E-state index contributed by atoms with van der Waals surface area (Å²) in [6.45, 7) is 4.30. The summed E-state index contributed by atoms with van der Waals surface area (Å²) < 4.78 is 10.2. The summed E-state index contributed by atoms with van der Waals surface area (Å²) in [7, 11) is 0. The molecule has 0 aliphatic carbocycles. The average Bonchev–Trinajstić information content (AvgIpc) is 3.72. The molecular weight excluding hydrogens is 677 g/mol. The fourth-order valence-corrected chi connectivity index (χ4v) is 7.94. The van der Waals surface area contributed by atoms with Crippen LogP contribution in [0.5, 0.6) is 5.75 Å². The number of thiazole rings is 1. The molecule has 1 aliphatic rings. The summed E-state index contributed by atoms with van der Waals surface area (Å²) >= 11 is 1.33. The predicted octanol–water partition coefficient (Wildman–Crippen LogP) is 8.40. The molecule has 2 aromatic heterocycles. The predicted molar refractivity (Wildman–Crippen MR) is 213 cm³/mol. The van der Waals surface area contributed by atoms with Crippen molar-refractivity contribution in [3.8, 4) is 34.0 Å². The number of para-hydroxylation sites is 2. The Morgan fingerprint density at radius 2 is 1.42 bits per heavy atom. The lowest BCUT2D eigenvalue weighted by Gasteiger charge is -2.25. The van der Waals surface area contributed by atoms with Gasteiger partial charge in [-0.1, -0.05) is 121 Å². The van der Waals surface area contributed by atoms with Crippen LogP contribution in [0.4, 0.5) is 5.69 Å². The minimum Gasteiger partial charge on any atom is -0.494 e. The first-order valence-corrected chi connectivity index (χ1v) is 18.4. The Morgan fingerprint density at radius 3 is 2.06 bits per heavy atom. The summed E-state index contributed by atoms with van der Waals surface area (Å²) in [4.78, 5) is 34.3. The molecule has 0 unspecified atom stereocenters. The Labute approximate surface area is 311 Å². The zero-order valence-corrected chi connectivity index (χ0v) is 30.1. The molecule has 1 aliphatic heterocycles. The maximum Gasteiger partial charge on any atom is 0.271 e. The number of aromatic nitrogens is 2. The summed E-state index contributed by atoms with van der Waals surface area (Å²) in [6.07, 6.45) is 1.97. The Balaban J connectivity index is 1.34.